The van der Waals surface area contributed by atoms with Gasteiger partial charge in [0.15, 0.2) is 0 Å². The van der Waals surface area contributed by atoms with Crippen LogP contribution in [0.3, 0.4) is 0 Å². The zero-order valence-electron chi connectivity index (χ0n) is 3.92. The van der Waals surface area contributed by atoms with Crippen LogP contribution in [-0.2, 0) is 4.79 Å². The molecule has 0 atom stereocenters. The van der Waals surface area contributed by atoms with Gasteiger partial charge in [0.1, 0.15) is 0 Å². The van der Waals surface area contributed by atoms with Gasteiger partial charge in [-0.15, -0.1) is 0 Å². The molecular formula is C3H8N3O. The Hall–Kier alpha value is -0.610. The molecule has 0 saturated heterocycles. The van der Waals surface area contributed by atoms with Crippen LogP contribution in [0.4, 0.5) is 0 Å². The van der Waals surface area contributed by atoms with Crippen LogP contribution < -0.4 is 11.6 Å². The molecule has 0 saturated carbocycles. The summed E-state index contributed by atoms with van der Waals surface area (Å²) in [6.07, 6.45) is 1.45. The van der Waals surface area contributed by atoms with E-state index in [1.807, 2.05) is 0 Å². The van der Waals surface area contributed by atoms with E-state index in [1.54, 1.807) is 0 Å². The van der Waals surface area contributed by atoms with Gasteiger partial charge in [-0.1, -0.05) is 0 Å². The second kappa shape index (κ2) is 3.58. The Balaban J connectivity index is 2.98. The molecule has 41 valence electrons. The molecule has 0 bridgehead atoms. The van der Waals surface area contributed by atoms with Crippen molar-refractivity contribution in [3.8, 4) is 0 Å². The van der Waals surface area contributed by atoms with E-state index in [-0.39, 0.29) is 0 Å². The van der Waals surface area contributed by atoms with Crippen LogP contribution in [0.25, 0.3) is 0 Å². The van der Waals surface area contributed by atoms with E-state index in [9.17, 15) is 4.79 Å². The Bertz CT molecular complexity index is 56.1. The summed E-state index contributed by atoms with van der Waals surface area (Å²) in [6.45, 7) is 0.745. The molecule has 0 rings (SSSR count). The average molecular weight is 102 g/mol. The molecule has 0 aliphatic rings. The molecule has 1 amide bonds. The van der Waals surface area contributed by atoms with Crippen molar-refractivity contribution >= 4 is 6.41 Å². The molecule has 4 nitrogen and oxygen atoms in total. The highest BCUT2D eigenvalue weighted by molar-refractivity contribution is 5.46. The standard InChI is InChI=1S/C3H8N3O/c4-1-2-6(5)3-7/h1-2,4-5H2. The zero-order valence-corrected chi connectivity index (χ0v) is 3.92. The first kappa shape index (κ1) is 6.39. The molecule has 1 radical (unpaired) electrons. The highest BCUT2D eigenvalue weighted by Crippen LogP contribution is 1.60. The molecule has 0 aliphatic carbocycles. The fraction of sp³-hybridized carbons (Fsp3) is 0.667. The van der Waals surface area contributed by atoms with Crippen LogP contribution in [0.15, 0.2) is 0 Å². The number of hydrogen-bond donors (Lipinski definition) is 2. The molecule has 4 heteroatoms. The van der Waals surface area contributed by atoms with Gasteiger partial charge >= 0.3 is 6.41 Å². The van der Waals surface area contributed by atoms with Crippen molar-refractivity contribution in [3.63, 3.8) is 0 Å². The molecule has 0 aliphatic heterocycles. The fourth-order valence-corrected chi connectivity index (χ4v) is 0.185. The summed E-state index contributed by atoms with van der Waals surface area (Å²) in [4.78, 5) is 9.52. The van der Waals surface area contributed by atoms with Gasteiger partial charge in [0.25, 0.3) is 0 Å². The molecule has 0 aromatic heterocycles. The van der Waals surface area contributed by atoms with Crippen LogP contribution in [0.5, 0.6) is 0 Å². The third-order valence-corrected chi connectivity index (χ3v) is 0.487. The molecule has 0 spiro atoms. The average Bonchev–Trinajstić information content (AvgIpc) is 1.68. The predicted octanol–water partition coefficient (Wildman–Crippen LogP) is -1.81. The number of hydrazine groups is 1. The minimum absolute atomic E-state index is 0.365. The Morgan fingerprint density at radius 1 is 1.71 bits per heavy atom. The first-order chi connectivity index (χ1) is 3.31. The number of rotatable bonds is 3. The Labute approximate surface area is 42.0 Å². The monoisotopic (exact) mass is 102 g/mol. The van der Waals surface area contributed by atoms with Crippen molar-refractivity contribution < 1.29 is 4.79 Å². The lowest BCUT2D eigenvalue weighted by atomic mass is 10.6. The van der Waals surface area contributed by atoms with E-state index in [0.29, 0.717) is 13.1 Å². The van der Waals surface area contributed by atoms with Crippen LogP contribution in [-0.4, -0.2) is 24.5 Å². The van der Waals surface area contributed by atoms with Crippen molar-refractivity contribution in [1.82, 2.24) is 5.01 Å². The minimum atomic E-state index is 0.365. The topological polar surface area (TPSA) is 72.3 Å². The summed E-state index contributed by atoms with van der Waals surface area (Å²) in [5.74, 6) is 4.91. The maximum absolute atomic E-state index is 9.52. The lowest BCUT2D eigenvalue weighted by Crippen LogP contribution is -2.33. The highest BCUT2D eigenvalue weighted by Gasteiger charge is 1.87. The maximum atomic E-state index is 9.52. The first-order valence-corrected chi connectivity index (χ1v) is 1.91. The second-order valence-electron chi connectivity index (χ2n) is 1.07. The van der Waals surface area contributed by atoms with E-state index in [0.717, 1.165) is 5.01 Å². The molecule has 7 heavy (non-hydrogen) atoms. The Morgan fingerprint density at radius 2 is 2.29 bits per heavy atom. The third kappa shape index (κ3) is 3.21. The first-order valence-electron chi connectivity index (χ1n) is 1.91. The lowest BCUT2D eigenvalue weighted by molar-refractivity contribution is 0.400. The second-order valence-corrected chi connectivity index (χ2v) is 1.07. The summed E-state index contributed by atoms with van der Waals surface area (Å²) < 4.78 is 0. The molecule has 0 fully saturated rings. The van der Waals surface area contributed by atoms with Crippen molar-refractivity contribution in [2.24, 2.45) is 11.6 Å². The largest absolute Gasteiger partial charge is 0.329 e. The van der Waals surface area contributed by atoms with E-state index in [1.165, 1.54) is 6.41 Å². The fourth-order valence-electron chi connectivity index (χ4n) is 0.185. The van der Waals surface area contributed by atoms with E-state index >= 15 is 0 Å². The molecular weight excluding hydrogens is 94.1 g/mol. The van der Waals surface area contributed by atoms with Crippen molar-refractivity contribution in [3.05, 3.63) is 0 Å². The van der Waals surface area contributed by atoms with Crippen LogP contribution in [0.2, 0.25) is 0 Å². The summed E-state index contributed by atoms with van der Waals surface area (Å²) >= 11 is 0. The third-order valence-electron chi connectivity index (χ3n) is 0.487. The van der Waals surface area contributed by atoms with E-state index in [2.05, 4.69) is 0 Å². The SMILES string of the molecule is NCCN(N)[C]=O. The van der Waals surface area contributed by atoms with E-state index < -0.39 is 0 Å². The van der Waals surface area contributed by atoms with Crippen LogP contribution in [0, 0.1) is 0 Å². The van der Waals surface area contributed by atoms with E-state index in [4.69, 9.17) is 11.6 Å². The zero-order chi connectivity index (χ0) is 5.70. The molecule has 0 heterocycles. The lowest BCUT2D eigenvalue weighted by Gasteiger charge is -2.03. The number of hydrogen-bond acceptors (Lipinski definition) is 3. The Kier molecular flexibility index (Phi) is 3.26. The van der Waals surface area contributed by atoms with Crippen molar-refractivity contribution in [1.29, 1.82) is 0 Å². The number of nitrogens with zero attached hydrogens (tertiary/aromatic N) is 1. The summed E-state index contributed by atoms with van der Waals surface area (Å²) in [7, 11) is 0. The van der Waals surface area contributed by atoms with Gasteiger partial charge < -0.3 is 5.73 Å². The summed E-state index contributed by atoms with van der Waals surface area (Å²) in [5.41, 5.74) is 5.00. The van der Waals surface area contributed by atoms with Gasteiger partial charge in [-0.2, -0.15) is 0 Å². The highest BCUT2D eigenvalue weighted by atomic mass is 16.1. The molecule has 4 N–H and O–H groups in total. The van der Waals surface area contributed by atoms with Crippen molar-refractivity contribution in [2.75, 3.05) is 13.1 Å². The minimum Gasteiger partial charge on any atom is -0.329 e. The van der Waals surface area contributed by atoms with Crippen LogP contribution in [0.1, 0.15) is 0 Å². The Morgan fingerprint density at radius 3 is 2.43 bits per heavy atom. The molecule has 0 unspecified atom stereocenters. The molecule has 0 aromatic rings. The van der Waals surface area contributed by atoms with Gasteiger partial charge in [-0.25, -0.2) is 5.84 Å². The summed E-state index contributed by atoms with van der Waals surface area (Å²) in [5, 5.41) is 0.875. The predicted molar refractivity (Wildman–Crippen MR) is 25.6 cm³/mol. The number of amides is 1. The molecule has 0 aromatic carbocycles. The smallest absolute Gasteiger partial charge is 0.327 e. The normalized spacial score (nSPS) is 8.29. The van der Waals surface area contributed by atoms with Gasteiger partial charge in [-0.05, 0) is 0 Å². The number of nitrogens with two attached hydrogens (primary N) is 2. The summed E-state index contributed by atoms with van der Waals surface area (Å²) in [6, 6.07) is 0. The van der Waals surface area contributed by atoms with Crippen LogP contribution >= 0.6 is 0 Å². The van der Waals surface area contributed by atoms with Gasteiger partial charge in [0.05, 0.1) is 0 Å². The maximum Gasteiger partial charge on any atom is 0.327 e. The van der Waals surface area contributed by atoms with Gasteiger partial charge in [-0.3, -0.25) is 9.80 Å². The van der Waals surface area contributed by atoms with Gasteiger partial charge in [0.2, 0.25) is 0 Å². The van der Waals surface area contributed by atoms with Gasteiger partial charge in [0, 0.05) is 13.1 Å². The number of carbonyl (C=O) groups excluding carboxylic acids is 1. The quantitative estimate of drug-likeness (QED) is 0.191. The van der Waals surface area contributed by atoms with Crippen molar-refractivity contribution in [2.45, 2.75) is 0 Å².